The van der Waals surface area contributed by atoms with Crippen molar-refractivity contribution in [2.45, 2.75) is 72.3 Å². The van der Waals surface area contributed by atoms with Gasteiger partial charge in [0.05, 0.1) is 5.92 Å². The summed E-state index contributed by atoms with van der Waals surface area (Å²) in [6.45, 7) is 13.8. The Labute approximate surface area is 134 Å². The average molecular weight is 306 g/mol. The molecule has 22 heavy (non-hydrogen) atoms. The van der Waals surface area contributed by atoms with Crippen LogP contribution in [0.1, 0.15) is 66.7 Å². The third-order valence-corrected chi connectivity index (χ3v) is 5.37. The molecule has 4 unspecified atom stereocenters. The van der Waals surface area contributed by atoms with Gasteiger partial charge >= 0.3 is 5.97 Å². The van der Waals surface area contributed by atoms with E-state index in [0.717, 1.165) is 31.3 Å². The summed E-state index contributed by atoms with van der Waals surface area (Å²) < 4.78 is 5.61. The fourth-order valence-corrected chi connectivity index (χ4v) is 4.53. The van der Waals surface area contributed by atoms with Crippen LogP contribution in [0.3, 0.4) is 0 Å². The predicted molar refractivity (Wildman–Crippen MR) is 87.3 cm³/mol. The first-order valence-electron chi connectivity index (χ1n) is 8.46. The number of hydrogen-bond donors (Lipinski definition) is 0. The van der Waals surface area contributed by atoms with Crippen LogP contribution in [0.2, 0.25) is 0 Å². The highest BCUT2D eigenvalue weighted by Crippen LogP contribution is 2.56. The van der Waals surface area contributed by atoms with E-state index in [1.807, 2.05) is 27.7 Å². The summed E-state index contributed by atoms with van der Waals surface area (Å²) in [6.07, 6.45) is 4.69. The zero-order valence-corrected chi connectivity index (χ0v) is 14.7. The molecule has 3 heteroatoms. The summed E-state index contributed by atoms with van der Waals surface area (Å²) in [7, 11) is 0. The van der Waals surface area contributed by atoms with Gasteiger partial charge in [0.2, 0.25) is 0 Å². The number of rotatable bonds is 3. The van der Waals surface area contributed by atoms with E-state index in [1.165, 1.54) is 0 Å². The quantitative estimate of drug-likeness (QED) is 0.576. The van der Waals surface area contributed by atoms with E-state index in [4.69, 9.17) is 4.74 Å². The smallest absolute Gasteiger partial charge is 0.313 e. The van der Waals surface area contributed by atoms with E-state index < -0.39 is 5.60 Å². The molecule has 0 amide bonds. The van der Waals surface area contributed by atoms with Crippen molar-refractivity contribution in [3.8, 4) is 0 Å². The van der Waals surface area contributed by atoms with E-state index in [1.54, 1.807) is 0 Å². The molecule has 0 aromatic rings. The Morgan fingerprint density at radius 2 is 2.00 bits per heavy atom. The largest absolute Gasteiger partial charge is 0.460 e. The van der Waals surface area contributed by atoms with Gasteiger partial charge in [-0.1, -0.05) is 19.1 Å². The van der Waals surface area contributed by atoms with Crippen LogP contribution in [0, 0.1) is 23.2 Å². The standard InChI is InChI=1S/C19H30O3/c1-12(2)15(17(21)22-18(3,4)5)13-9-11-19(6)10-7-8-14(20)16(13)19/h13,15-16H,1,7-11H2,2-6H3. The lowest BCUT2D eigenvalue weighted by Gasteiger charge is -2.39. The first-order chi connectivity index (χ1) is 10.1. The molecule has 3 nitrogen and oxygen atoms in total. The van der Waals surface area contributed by atoms with Gasteiger partial charge < -0.3 is 4.74 Å². The van der Waals surface area contributed by atoms with Crippen LogP contribution in [-0.2, 0) is 14.3 Å². The molecule has 0 bridgehead atoms. The van der Waals surface area contributed by atoms with Crippen molar-refractivity contribution in [2.75, 3.05) is 0 Å². The topological polar surface area (TPSA) is 43.4 Å². The summed E-state index contributed by atoms with van der Waals surface area (Å²) in [5, 5.41) is 0. The molecule has 0 N–H and O–H groups in total. The van der Waals surface area contributed by atoms with Crippen LogP contribution in [-0.4, -0.2) is 17.4 Å². The maximum Gasteiger partial charge on any atom is 0.313 e. The Hall–Kier alpha value is -1.12. The van der Waals surface area contributed by atoms with Crippen molar-refractivity contribution >= 4 is 11.8 Å². The van der Waals surface area contributed by atoms with E-state index in [-0.39, 0.29) is 29.1 Å². The van der Waals surface area contributed by atoms with E-state index >= 15 is 0 Å². The summed E-state index contributed by atoms with van der Waals surface area (Å²) in [5.41, 5.74) is 0.376. The van der Waals surface area contributed by atoms with Gasteiger partial charge in [0, 0.05) is 12.3 Å². The van der Waals surface area contributed by atoms with Crippen LogP contribution < -0.4 is 0 Å². The molecule has 0 heterocycles. The van der Waals surface area contributed by atoms with Crippen molar-refractivity contribution in [1.29, 1.82) is 0 Å². The Morgan fingerprint density at radius 1 is 1.36 bits per heavy atom. The average Bonchev–Trinajstić information content (AvgIpc) is 2.65. The molecule has 2 saturated carbocycles. The fraction of sp³-hybridized carbons (Fsp3) is 0.789. The maximum absolute atomic E-state index is 12.7. The molecular weight excluding hydrogens is 276 g/mol. The molecule has 0 saturated heterocycles. The van der Waals surface area contributed by atoms with Crippen molar-refractivity contribution in [3.05, 3.63) is 12.2 Å². The molecule has 2 aliphatic rings. The summed E-state index contributed by atoms with van der Waals surface area (Å²) in [6, 6.07) is 0. The van der Waals surface area contributed by atoms with Crippen LogP contribution in [0.15, 0.2) is 12.2 Å². The summed E-state index contributed by atoms with van der Waals surface area (Å²) in [5.74, 6) is -0.174. The van der Waals surface area contributed by atoms with Crippen LogP contribution >= 0.6 is 0 Å². The summed E-state index contributed by atoms with van der Waals surface area (Å²) >= 11 is 0. The van der Waals surface area contributed by atoms with Crippen molar-refractivity contribution in [1.82, 2.24) is 0 Å². The predicted octanol–water partition coefficient (Wildman–Crippen LogP) is 4.31. The Kier molecular flexibility index (Phi) is 4.56. The van der Waals surface area contributed by atoms with Crippen LogP contribution in [0.4, 0.5) is 0 Å². The molecule has 2 fully saturated rings. The number of ether oxygens (including phenoxy) is 1. The molecular formula is C19H30O3. The van der Waals surface area contributed by atoms with Gasteiger partial charge in [-0.15, -0.1) is 0 Å². The second-order valence-electron chi connectivity index (χ2n) is 8.51. The van der Waals surface area contributed by atoms with Crippen LogP contribution in [0.25, 0.3) is 0 Å². The zero-order valence-electron chi connectivity index (χ0n) is 14.7. The van der Waals surface area contributed by atoms with Gasteiger partial charge in [-0.25, -0.2) is 0 Å². The highest BCUT2D eigenvalue weighted by molar-refractivity contribution is 5.85. The van der Waals surface area contributed by atoms with Gasteiger partial charge in [0.1, 0.15) is 11.4 Å². The molecule has 0 aromatic carbocycles. The number of carbonyl (C=O) groups is 2. The van der Waals surface area contributed by atoms with E-state index in [0.29, 0.717) is 12.2 Å². The van der Waals surface area contributed by atoms with Crippen LogP contribution in [0.5, 0.6) is 0 Å². The van der Waals surface area contributed by atoms with Crippen molar-refractivity contribution in [3.63, 3.8) is 0 Å². The molecule has 0 aliphatic heterocycles. The maximum atomic E-state index is 12.7. The molecule has 4 atom stereocenters. The lowest BCUT2D eigenvalue weighted by atomic mass is 9.64. The minimum Gasteiger partial charge on any atom is -0.460 e. The van der Waals surface area contributed by atoms with Gasteiger partial charge in [0.15, 0.2) is 0 Å². The number of carbonyl (C=O) groups excluding carboxylic acids is 2. The Balaban J connectivity index is 2.28. The van der Waals surface area contributed by atoms with Gasteiger partial charge in [-0.05, 0) is 64.7 Å². The molecule has 2 aliphatic carbocycles. The monoisotopic (exact) mass is 306 g/mol. The second kappa shape index (κ2) is 5.82. The highest BCUT2D eigenvalue weighted by Gasteiger charge is 2.54. The van der Waals surface area contributed by atoms with E-state index in [2.05, 4.69) is 13.5 Å². The first kappa shape index (κ1) is 17.2. The normalized spacial score (nSPS) is 33.2. The minimum absolute atomic E-state index is 0.00420. The van der Waals surface area contributed by atoms with E-state index in [9.17, 15) is 9.59 Å². The highest BCUT2D eigenvalue weighted by atomic mass is 16.6. The summed E-state index contributed by atoms with van der Waals surface area (Å²) in [4.78, 5) is 25.2. The number of Topliss-reactive ketones (excluding diaryl/α,β-unsaturated/α-hetero) is 1. The molecule has 2 rings (SSSR count). The lowest BCUT2D eigenvalue weighted by molar-refractivity contribution is -0.161. The third-order valence-electron chi connectivity index (χ3n) is 5.37. The molecule has 0 spiro atoms. The van der Waals surface area contributed by atoms with Gasteiger partial charge in [-0.3, -0.25) is 9.59 Å². The third kappa shape index (κ3) is 3.28. The number of hydrogen-bond acceptors (Lipinski definition) is 3. The number of esters is 1. The Morgan fingerprint density at radius 3 is 2.55 bits per heavy atom. The van der Waals surface area contributed by atoms with Gasteiger partial charge in [0.25, 0.3) is 0 Å². The first-order valence-corrected chi connectivity index (χ1v) is 8.46. The molecule has 124 valence electrons. The molecule has 0 radical (unpaired) electrons. The fourth-order valence-electron chi connectivity index (χ4n) is 4.53. The van der Waals surface area contributed by atoms with Crippen molar-refractivity contribution in [2.24, 2.45) is 23.2 Å². The number of ketones is 1. The lowest BCUT2D eigenvalue weighted by Crippen LogP contribution is -2.41. The van der Waals surface area contributed by atoms with Crippen molar-refractivity contribution < 1.29 is 14.3 Å². The zero-order chi connectivity index (χ0) is 16.7. The second-order valence-corrected chi connectivity index (χ2v) is 8.51. The number of fused-ring (bicyclic) bond motifs is 1. The Bertz CT molecular complexity index is 485. The molecule has 0 aromatic heterocycles. The van der Waals surface area contributed by atoms with Gasteiger partial charge in [-0.2, -0.15) is 0 Å². The SMILES string of the molecule is C=C(C)C(C(=O)OC(C)(C)C)C1CCC2(C)CCCC(=O)C12. The minimum atomic E-state index is -0.511.